The van der Waals surface area contributed by atoms with Crippen LogP contribution >= 0.6 is 0 Å². The summed E-state index contributed by atoms with van der Waals surface area (Å²) in [6, 6.07) is 13.9. The molecule has 0 fully saturated rings. The van der Waals surface area contributed by atoms with E-state index in [0.29, 0.717) is 17.7 Å². The second-order valence-corrected chi connectivity index (χ2v) is 10.4. The van der Waals surface area contributed by atoms with Crippen molar-refractivity contribution in [3.63, 3.8) is 0 Å². The molecular weight excluding hydrogens is 485 g/mol. The molecule has 31 heavy (non-hydrogen) atoms. The fraction of sp³-hybridized carbons (Fsp3) is 0.333. The maximum atomic E-state index is 12.4. The van der Waals surface area contributed by atoms with Crippen LogP contribution in [-0.2, 0) is 23.9 Å². The van der Waals surface area contributed by atoms with Gasteiger partial charge in [0.15, 0.2) is 0 Å². The van der Waals surface area contributed by atoms with Crippen molar-refractivity contribution in [2.24, 2.45) is 0 Å². The van der Waals surface area contributed by atoms with Crippen molar-refractivity contribution in [3.8, 4) is 6.07 Å². The van der Waals surface area contributed by atoms with E-state index in [2.05, 4.69) is 5.48 Å². The summed E-state index contributed by atoms with van der Waals surface area (Å²) >= 11 is -0.295. The van der Waals surface area contributed by atoms with Crippen molar-refractivity contribution in [2.45, 2.75) is 20.3 Å². The molecule has 0 saturated carbocycles. The average Bonchev–Trinajstić information content (AvgIpc) is 3.11. The molecule has 0 bridgehead atoms. The predicted molar refractivity (Wildman–Crippen MR) is 119 cm³/mol. The van der Waals surface area contributed by atoms with Crippen molar-refractivity contribution in [1.82, 2.24) is 5.48 Å². The number of nitrogens with one attached hydrogen (secondary N) is 1. The Labute approximate surface area is 188 Å². The summed E-state index contributed by atoms with van der Waals surface area (Å²) < 4.78 is 35.5. The predicted octanol–water partition coefficient (Wildman–Crippen LogP) is 1.55. The molecule has 2 aromatic rings. The van der Waals surface area contributed by atoms with E-state index in [-0.39, 0.29) is 39.3 Å². The van der Waals surface area contributed by atoms with Gasteiger partial charge in [-0.15, -0.1) is 0 Å². The summed E-state index contributed by atoms with van der Waals surface area (Å²) in [4.78, 5) is 14.3. The Morgan fingerprint density at radius 3 is 2.71 bits per heavy atom. The van der Waals surface area contributed by atoms with Crippen molar-refractivity contribution in [3.05, 3.63) is 46.6 Å². The molecular formula is C21H23N3O5SSe. The molecule has 3 rings (SSSR count). The molecule has 1 aliphatic rings. The van der Waals surface area contributed by atoms with Crippen molar-refractivity contribution in [1.29, 1.82) is 5.26 Å². The summed E-state index contributed by atoms with van der Waals surface area (Å²) in [6.45, 7) is 4.27. The topological polar surface area (TPSA) is 109 Å². The van der Waals surface area contributed by atoms with Crippen LogP contribution < -0.4 is 14.8 Å². The van der Waals surface area contributed by atoms with Gasteiger partial charge in [-0.25, -0.2) is 0 Å². The van der Waals surface area contributed by atoms with Crippen LogP contribution in [0.1, 0.15) is 20.3 Å². The Balaban J connectivity index is 1.99. The summed E-state index contributed by atoms with van der Waals surface area (Å²) in [6.07, 6.45) is 0.261. The number of rotatable bonds is 9. The van der Waals surface area contributed by atoms with Crippen LogP contribution in [-0.4, -0.2) is 54.8 Å². The minimum atomic E-state index is -3.73. The minimum absolute atomic E-state index is 0.0334. The number of fused-ring (bicyclic) bond motifs is 3. The van der Waals surface area contributed by atoms with Gasteiger partial charge in [0.1, 0.15) is 0 Å². The van der Waals surface area contributed by atoms with Crippen LogP contribution in [0, 0.1) is 11.3 Å². The van der Waals surface area contributed by atoms with E-state index in [4.69, 9.17) is 9.02 Å². The number of benzene rings is 2. The Morgan fingerprint density at radius 2 is 2.00 bits per heavy atom. The Bertz CT molecular complexity index is 1160. The molecule has 0 amide bonds. The second kappa shape index (κ2) is 10.3. The molecule has 0 aliphatic carbocycles. The molecule has 164 valence electrons. The van der Waals surface area contributed by atoms with Crippen LogP contribution in [0.15, 0.2) is 46.6 Å². The molecule has 0 saturated heterocycles. The number of hydrogen-bond donors (Lipinski definition) is 1. The van der Waals surface area contributed by atoms with Crippen LogP contribution in [0.25, 0.3) is 10.8 Å². The molecule has 1 N–H and O–H groups in total. The van der Waals surface area contributed by atoms with E-state index in [1.165, 1.54) is 0 Å². The van der Waals surface area contributed by atoms with Gasteiger partial charge < -0.3 is 0 Å². The van der Waals surface area contributed by atoms with E-state index in [9.17, 15) is 18.5 Å². The van der Waals surface area contributed by atoms with Crippen LogP contribution in [0.5, 0.6) is 0 Å². The molecule has 1 heterocycles. The maximum absolute atomic E-state index is 12.4. The van der Waals surface area contributed by atoms with E-state index < -0.39 is 16.1 Å². The van der Waals surface area contributed by atoms with Gasteiger partial charge in [-0.05, 0) is 0 Å². The Hall–Kier alpha value is -2.41. The number of hydrogen-bond acceptors (Lipinski definition) is 8. The number of nitrogens with zero attached hydrogens (tertiary/aromatic N) is 2. The first-order chi connectivity index (χ1) is 14.9. The number of hydroxylamine groups is 1. The Morgan fingerprint density at radius 1 is 1.23 bits per heavy atom. The van der Waals surface area contributed by atoms with Crippen molar-refractivity contribution >= 4 is 52.0 Å². The molecule has 10 heteroatoms. The summed E-state index contributed by atoms with van der Waals surface area (Å²) in [5.74, 6) is -0.856. The molecule has 1 aliphatic heterocycles. The summed E-state index contributed by atoms with van der Waals surface area (Å²) in [5.41, 5.74) is 3.24. The molecule has 0 spiro atoms. The number of nitriles is 1. The second-order valence-electron chi connectivity index (χ2n) is 6.60. The molecule has 2 aromatic carbocycles. The molecule has 0 unspecified atom stereocenters. The first-order valence-electron chi connectivity index (χ1n) is 9.84. The van der Waals surface area contributed by atoms with Gasteiger partial charge in [0.05, 0.1) is 0 Å². The van der Waals surface area contributed by atoms with Gasteiger partial charge in [0.2, 0.25) is 0 Å². The van der Waals surface area contributed by atoms with Gasteiger partial charge in [-0.1, -0.05) is 0 Å². The van der Waals surface area contributed by atoms with Gasteiger partial charge >= 0.3 is 188 Å². The first-order valence-corrected chi connectivity index (χ1v) is 13.1. The SMILES string of the molecule is CCNOS(=O)(=O)CCCN1/C(=C(/C#N)C(=O)OCC)[Se]c2ccc3ccccc3c21. The third-order valence-electron chi connectivity index (χ3n) is 4.50. The fourth-order valence-corrected chi connectivity index (χ4v) is 6.58. The zero-order valence-electron chi connectivity index (χ0n) is 17.3. The third kappa shape index (κ3) is 5.26. The average molecular weight is 508 g/mol. The summed E-state index contributed by atoms with van der Waals surface area (Å²) in [5, 5.41) is 11.7. The van der Waals surface area contributed by atoms with E-state index in [1.807, 2.05) is 47.4 Å². The van der Waals surface area contributed by atoms with E-state index >= 15 is 0 Å². The van der Waals surface area contributed by atoms with Crippen molar-refractivity contribution in [2.75, 3.05) is 30.3 Å². The quantitative estimate of drug-likeness (QED) is 0.179. The monoisotopic (exact) mass is 509 g/mol. The van der Waals surface area contributed by atoms with E-state index in [1.54, 1.807) is 13.8 Å². The fourth-order valence-electron chi connectivity index (χ4n) is 3.23. The number of esters is 1. The summed E-state index contributed by atoms with van der Waals surface area (Å²) in [7, 11) is -3.73. The number of ether oxygens (including phenoxy) is 1. The van der Waals surface area contributed by atoms with Crippen LogP contribution in [0.4, 0.5) is 5.69 Å². The first kappa shape index (κ1) is 23.3. The Kier molecular flexibility index (Phi) is 7.70. The molecule has 0 aromatic heterocycles. The van der Waals surface area contributed by atoms with Crippen molar-refractivity contribution < 1.29 is 22.2 Å². The van der Waals surface area contributed by atoms with Gasteiger partial charge in [0.25, 0.3) is 0 Å². The van der Waals surface area contributed by atoms with Gasteiger partial charge in [-0.3, -0.25) is 0 Å². The van der Waals surface area contributed by atoms with Gasteiger partial charge in [0, 0.05) is 0 Å². The number of carbonyl (C=O) groups excluding carboxylic acids is 1. The van der Waals surface area contributed by atoms with Crippen LogP contribution in [0.3, 0.4) is 0 Å². The number of carbonyl (C=O) groups is 1. The van der Waals surface area contributed by atoms with E-state index in [0.717, 1.165) is 20.9 Å². The molecule has 0 radical (unpaired) electrons. The van der Waals surface area contributed by atoms with Gasteiger partial charge in [-0.2, -0.15) is 0 Å². The number of anilines is 1. The zero-order valence-corrected chi connectivity index (χ0v) is 19.8. The molecule has 8 nitrogen and oxygen atoms in total. The normalized spacial score (nSPS) is 14.9. The zero-order chi connectivity index (χ0) is 22.4. The third-order valence-corrected chi connectivity index (χ3v) is 8.11. The standard InChI is InChI=1S/C21H23N3O5SSe/c1-3-23-29-30(26,27)13-7-12-24-19-16-9-6-5-8-15(16)10-11-18(19)31-20(24)17(14-22)21(25)28-4-2/h5-6,8-11,23H,3-4,7,12-13H2,1-2H3/b20-17+. The van der Waals surface area contributed by atoms with Crippen LogP contribution in [0.2, 0.25) is 0 Å². The molecule has 0 atom stereocenters.